The molecule has 1 fully saturated rings. The predicted molar refractivity (Wildman–Crippen MR) is 134 cm³/mol. The highest BCUT2D eigenvalue weighted by molar-refractivity contribution is 5.90. The van der Waals surface area contributed by atoms with Crippen molar-refractivity contribution in [1.29, 1.82) is 0 Å². The summed E-state index contributed by atoms with van der Waals surface area (Å²) in [7, 11) is 0. The number of rotatable bonds is 8. The van der Waals surface area contributed by atoms with Gasteiger partial charge >= 0.3 is 18.0 Å². The van der Waals surface area contributed by atoms with Crippen LogP contribution in [-0.2, 0) is 35.2 Å². The second-order valence-electron chi connectivity index (χ2n) is 11.1. The van der Waals surface area contributed by atoms with Crippen LogP contribution in [-0.4, -0.2) is 47.2 Å². The van der Waals surface area contributed by atoms with Crippen LogP contribution in [0.15, 0.2) is 30.3 Å². The van der Waals surface area contributed by atoms with Crippen molar-refractivity contribution in [2.75, 3.05) is 0 Å². The van der Waals surface area contributed by atoms with E-state index in [0.717, 1.165) is 18.4 Å². The van der Waals surface area contributed by atoms with E-state index < -0.39 is 47.2 Å². The summed E-state index contributed by atoms with van der Waals surface area (Å²) in [5, 5.41) is 5.35. The molecule has 1 aliphatic carbocycles. The van der Waals surface area contributed by atoms with Crippen LogP contribution in [0.2, 0.25) is 0 Å². The molecule has 2 rings (SSSR count). The summed E-state index contributed by atoms with van der Waals surface area (Å²) >= 11 is 0. The summed E-state index contributed by atoms with van der Waals surface area (Å²) in [6, 6.07) is 7.67. The summed E-state index contributed by atoms with van der Waals surface area (Å²) in [6.07, 6.45) is 1.64. The number of hydrogen-bond donors (Lipinski definition) is 2. The largest absolute Gasteiger partial charge is 0.461 e. The zero-order valence-corrected chi connectivity index (χ0v) is 22.2. The van der Waals surface area contributed by atoms with Gasteiger partial charge in [0.05, 0.1) is 12.3 Å². The van der Waals surface area contributed by atoms with E-state index in [-0.39, 0.29) is 19.0 Å². The zero-order chi connectivity index (χ0) is 26.9. The van der Waals surface area contributed by atoms with E-state index in [9.17, 15) is 19.2 Å². The standard InChI is InChI=1S/C27H40N2O7/c1-26(2,3)35-22(30)16-21(29-25(33)36-27(4,5)6)23(31)28-20-15-11-10-14-19(20)24(32)34-17-18-12-8-7-9-13-18/h7-9,12-13,19-21H,10-11,14-17H2,1-6H3,(H,28,31)(H,29,33)/t19-,20+,21-/m0/s1. The van der Waals surface area contributed by atoms with Crippen LogP contribution in [0, 0.1) is 5.92 Å². The first-order valence-corrected chi connectivity index (χ1v) is 12.5. The third-order valence-corrected chi connectivity index (χ3v) is 5.42. The Labute approximate surface area is 213 Å². The first kappa shape index (κ1) is 29.1. The van der Waals surface area contributed by atoms with Crippen LogP contribution in [0.1, 0.15) is 79.2 Å². The third kappa shape index (κ3) is 10.7. The highest BCUT2D eigenvalue weighted by Crippen LogP contribution is 2.26. The number of benzene rings is 1. The molecule has 2 amide bonds. The molecule has 0 radical (unpaired) electrons. The van der Waals surface area contributed by atoms with E-state index in [0.29, 0.717) is 12.8 Å². The second-order valence-corrected chi connectivity index (χ2v) is 11.1. The fourth-order valence-electron chi connectivity index (χ4n) is 3.91. The first-order chi connectivity index (χ1) is 16.7. The third-order valence-electron chi connectivity index (χ3n) is 5.42. The maximum Gasteiger partial charge on any atom is 0.408 e. The van der Waals surface area contributed by atoms with Crippen molar-refractivity contribution in [1.82, 2.24) is 10.6 Å². The van der Waals surface area contributed by atoms with Crippen molar-refractivity contribution >= 4 is 23.9 Å². The normalized spacial score (nSPS) is 18.9. The van der Waals surface area contributed by atoms with E-state index in [4.69, 9.17) is 14.2 Å². The van der Waals surface area contributed by atoms with Crippen molar-refractivity contribution in [2.24, 2.45) is 5.92 Å². The smallest absolute Gasteiger partial charge is 0.408 e. The lowest BCUT2D eigenvalue weighted by molar-refractivity contribution is -0.157. The lowest BCUT2D eigenvalue weighted by Gasteiger charge is -2.32. The number of amides is 2. The van der Waals surface area contributed by atoms with E-state index in [1.807, 2.05) is 30.3 Å². The maximum atomic E-state index is 13.2. The van der Waals surface area contributed by atoms with Crippen molar-refractivity contribution < 1.29 is 33.4 Å². The Morgan fingerprint density at radius 1 is 0.917 bits per heavy atom. The molecule has 9 heteroatoms. The molecule has 0 heterocycles. The fourth-order valence-corrected chi connectivity index (χ4v) is 3.91. The zero-order valence-electron chi connectivity index (χ0n) is 22.2. The van der Waals surface area contributed by atoms with Gasteiger partial charge in [-0.2, -0.15) is 0 Å². The molecule has 1 aliphatic rings. The van der Waals surface area contributed by atoms with Crippen LogP contribution in [0.4, 0.5) is 4.79 Å². The molecule has 9 nitrogen and oxygen atoms in total. The Morgan fingerprint density at radius 2 is 1.53 bits per heavy atom. The quantitative estimate of drug-likeness (QED) is 0.405. The number of carbonyl (C=O) groups excluding carboxylic acids is 4. The van der Waals surface area contributed by atoms with E-state index in [1.165, 1.54) is 0 Å². The molecule has 1 aromatic rings. The Morgan fingerprint density at radius 3 is 2.14 bits per heavy atom. The molecule has 0 spiro atoms. The Bertz CT molecular complexity index is 873. The SMILES string of the molecule is CC(C)(C)OC(=O)C[C@H](NC(=O)OC(C)(C)C)C(=O)N[C@@H]1CCCC[C@@H]1C(=O)OCc1ccccc1. The van der Waals surface area contributed by atoms with Crippen LogP contribution >= 0.6 is 0 Å². The number of ether oxygens (including phenoxy) is 3. The molecule has 0 saturated heterocycles. The van der Waals surface area contributed by atoms with Crippen molar-refractivity contribution in [3.05, 3.63) is 35.9 Å². The van der Waals surface area contributed by atoms with Gasteiger partial charge in [0.1, 0.15) is 23.9 Å². The molecule has 1 saturated carbocycles. The Hall–Kier alpha value is -3.10. The average molecular weight is 505 g/mol. The van der Waals surface area contributed by atoms with Gasteiger partial charge in [-0.25, -0.2) is 4.79 Å². The van der Waals surface area contributed by atoms with Gasteiger partial charge in [0.25, 0.3) is 0 Å². The van der Waals surface area contributed by atoms with Gasteiger partial charge in [-0.1, -0.05) is 43.2 Å². The molecule has 1 aromatic carbocycles. The molecule has 0 bridgehead atoms. The number of hydrogen-bond acceptors (Lipinski definition) is 7. The summed E-state index contributed by atoms with van der Waals surface area (Å²) in [6.45, 7) is 10.4. The minimum atomic E-state index is -1.22. The van der Waals surface area contributed by atoms with Crippen LogP contribution in [0.25, 0.3) is 0 Å². The molecular formula is C27H40N2O7. The molecule has 0 aromatic heterocycles. The molecular weight excluding hydrogens is 464 g/mol. The lowest BCUT2D eigenvalue weighted by atomic mass is 9.84. The van der Waals surface area contributed by atoms with Gasteiger partial charge in [0, 0.05) is 6.04 Å². The maximum absolute atomic E-state index is 13.2. The second kappa shape index (κ2) is 12.7. The minimum Gasteiger partial charge on any atom is -0.461 e. The fraction of sp³-hybridized carbons (Fsp3) is 0.630. The minimum absolute atomic E-state index is 0.151. The van der Waals surface area contributed by atoms with Crippen molar-refractivity contribution in [3.63, 3.8) is 0 Å². The number of esters is 2. The summed E-state index contributed by atoms with van der Waals surface area (Å²) < 4.78 is 16.1. The molecule has 0 aliphatic heterocycles. The van der Waals surface area contributed by atoms with Gasteiger partial charge in [0.2, 0.25) is 5.91 Å². The molecule has 0 unspecified atom stereocenters. The van der Waals surface area contributed by atoms with E-state index in [2.05, 4.69) is 10.6 Å². The van der Waals surface area contributed by atoms with Gasteiger partial charge in [0.15, 0.2) is 0 Å². The highest BCUT2D eigenvalue weighted by Gasteiger charge is 2.36. The van der Waals surface area contributed by atoms with Gasteiger partial charge in [-0.3, -0.25) is 14.4 Å². The van der Waals surface area contributed by atoms with Crippen LogP contribution in [0.5, 0.6) is 0 Å². The van der Waals surface area contributed by atoms with Crippen molar-refractivity contribution in [2.45, 2.75) is 104 Å². The highest BCUT2D eigenvalue weighted by atomic mass is 16.6. The lowest BCUT2D eigenvalue weighted by Crippen LogP contribution is -2.54. The summed E-state index contributed by atoms with van der Waals surface area (Å²) in [5.41, 5.74) is -0.657. The number of alkyl carbamates (subject to hydrolysis) is 1. The average Bonchev–Trinajstić information content (AvgIpc) is 2.75. The van der Waals surface area contributed by atoms with Crippen molar-refractivity contribution in [3.8, 4) is 0 Å². The van der Waals surface area contributed by atoms with E-state index >= 15 is 0 Å². The first-order valence-electron chi connectivity index (χ1n) is 12.5. The predicted octanol–water partition coefficient (Wildman–Crippen LogP) is 4.03. The van der Waals surface area contributed by atoms with E-state index in [1.54, 1.807) is 41.5 Å². The molecule has 3 atom stereocenters. The van der Waals surface area contributed by atoms with Gasteiger partial charge < -0.3 is 24.8 Å². The Kier molecular flexibility index (Phi) is 10.3. The summed E-state index contributed by atoms with van der Waals surface area (Å²) in [4.78, 5) is 50.9. The number of nitrogens with one attached hydrogen (secondary N) is 2. The van der Waals surface area contributed by atoms with Crippen LogP contribution < -0.4 is 10.6 Å². The number of carbonyl (C=O) groups is 4. The van der Waals surface area contributed by atoms with Gasteiger partial charge in [-0.15, -0.1) is 0 Å². The molecule has 200 valence electrons. The molecule has 2 N–H and O–H groups in total. The Balaban J connectivity index is 2.08. The van der Waals surface area contributed by atoms with Crippen LogP contribution in [0.3, 0.4) is 0 Å². The topological polar surface area (TPSA) is 120 Å². The molecule has 36 heavy (non-hydrogen) atoms. The summed E-state index contributed by atoms with van der Waals surface area (Å²) in [5.74, 6) is -2.12. The van der Waals surface area contributed by atoms with Gasteiger partial charge in [-0.05, 0) is 59.9 Å². The monoisotopic (exact) mass is 504 g/mol.